The van der Waals surface area contributed by atoms with Crippen LogP contribution in [0.4, 0.5) is 0 Å². The predicted molar refractivity (Wildman–Crippen MR) is 68.7 cm³/mol. The van der Waals surface area contributed by atoms with E-state index >= 15 is 0 Å². The van der Waals surface area contributed by atoms with Crippen LogP contribution in [0.15, 0.2) is 22.7 Å². The lowest BCUT2D eigenvalue weighted by Crippen LogP contribution is -2.35. The lowest BCUT2D eigenvalue weighted by Gasteiger charge is -2.20. The van der Waals surface area contributed by atoms with E-state index in [2.05, 4.69) is 15.1 Å². The van der Waals surface area contributed by atoms with Crippen LogP contribution in [-0.2, 0) is 5.54 Å². The molecule has 0 atom stereocenters. The summed E-state index contributed by atoms with van der Waals surface area (Å²) in [6.45, 7) is 5.95. The number of rotatable bonds is 4. The highest BCUT2D eigenvalue weighted by Crippen LogP contribution is 2.25. The molecule has 2 N–H and O–H groups in total. The van der Waals surface area contributed by atoms with E-state index in [0.29, 0.717) is 17.4 Å². The van der Waals surface area contributed by atoms with Crippen LogP contribution in [0.5, 0.6) is 0 Å². The zero-order valence-corrected chi connectivity index (χ0v) is 11.0. The molecule has 0 unspecified atom stereocenters. The largest absolute Gasteiger partial charge is 0.337 e. The van der Waals surface area contributed by atoms with Crippen molar-refractivity contribution in [2.45, 2.75) is 39.2 Å². The molecule has 0 saturated heterocycles. The van der Waals surface area contributed by atoms with Crippen molar-refractivity contribution in [1.29, 1.82) is 0 Å². The molecule has 5 heteroatoms. The van der Waals surface area contributed by atoms with E-state index in [0.717, 1.165) is 18.5 Å². The third kappa shape index (κ3) is 2.26. The number of nitrogens with zero attached hydrogens (tertiary/aromatic N) is 3. The highest BCUT2D eigenvalue weighted by Gasteiger charge is 2.30. The second kappa shape index (κ2) is 4.86. The number of hydrogen-bond donors (Lipinski definition) is 1. The van der Waals surface area contributed by atoms with E-state index in [4.69, 9.17) is 10.3 Å². The van der Waals surface area contributed by atoms with E-state index in [1.54, 1.807) is 0 Å². The number of nitrogens with two attached hydrogens (primary N) is 1. The molecule has 0 radical (unpaired) electrons. The van der Waals surface area contributed by atoms with Crippen LogP contribution in [0.3, 0.4) is 0 Å². The van der Waals surface area contributed by atoms with Gasteiger partial charge in [-0.05, 0) is 31.9 Å². The summed E-state index contributed by atoms with van der Waals surface area (Å²) >= 11 is 0. The first-order valence-corrected chi connectivity index (χ1v) is 6.16. The van der Waals surface area contributed by atoms with Gasteiger partial charge in [0.25, 0.3) is 0 Å². The van der Waals surface area contributed by atoms with Crippen LogP contribution in [0.25, 0.3) is 11.5 Å². The van der Waals surface area contributed by atoms with Gasteiger partial charge >= 0.3 is 0 Å². The molecule has 0 fully saturated rings. The van der Waals surface area contributed by atoms with Gasteiger partial charge < -0.3 is 10.3 Å². The third-order valence-electron chi connectivity index (χ3n) is 3.23. The molecule has 2 aromatic heterocycles. The van der Waals surface area contributed by atoms with Gasteiger partial charge in [-0.25, -0.2) is 4.98 Å². The Labute approximate surface area is 106 Å². The zero-order valence-electron chi connectivity index (χ0n) is 11.0. The quantitative estimate of drug-likeness (QED) is 0.896. The maximum absolute atomic E-state index is 6.22. The Kier molecular flexibility index (Phi) is 3.43. The molecule has 5 nitrogen and oxygen atoms in total. The Morgan fingerprint density at radius 2 is 1.94 bits per heavy atom. The summed E-state index contributed by atoms with van der Waals surface area (Å²) in [4.78, 5) is 8.73. The van der Waals surface area contributed by atoms with Crippen molar-refractivity contribution in [3.05, 3.63) is 29.8 Å². The molecular weight excluding hydrogens is 228 g/mol. The summed E-state index contributed by atoms with van der Waals surface area (Å²) in [5.41, 5.74) is 7.30. The fourth-order valence-electron chi connectivity index (χ4n) is 1.75. The van der Waals surface area contributed by atoms with Crippen LogP contribution >= 0.6 is 0 Å². The third-order valence-corrected chi connectivity index (χ3v) is 3.23. The van der Waals surface area contributed by atoms with Crippen molar-refractivity contribution >= 4 is 0 Å². The Morgan fingerprint density at radius 1 is 1.22 bits per heavy atom. The van der Waals surface area contributed by atoms with Crippen LogP contribution in [-0.4, -0.2) is 15.1 Å². The summed E-state index contributed by atoms with van der Waals surface area (Å²) in [5, 5.41) is 3.96. The van der Waals surface area contributed by atoms with Gasteiger partial charge in [-0.1, -0.05) is 25.1 Å². The van der Waals surface area contributed by atoms with E-state index < -0.39 is 5.54 Å². The molecule has 0 spiro atoms. The molecule has 0 bridgehead atoms. The molecule has 18 heavy (non-hydrogen) atoms. The number of aromatic nitrogens is 3. The van der Waals surface area contributed by atoms with Crippen LogP contribution in [0.2, 0.25) is 0 Å². The van der Waals surface area contributed by atoms with Gasteiger partial charge in [0, 0.05) is 5.69 Å². The maximum Gasteiger partial charge on any atom is 0.247 e. The monoisotopic (exact) mass is 246 g/mol. The second-order valence-electron chi connectivity index (χ2n) is 4.45. The Morgan fingerprint density at radius 3 is 2.56 bits per heavy atom. The van der Waals surface area contributed by atoms with Crippen molar-refractivity contribution in [2.24, 2.45) is 5.73 Å². The smallest absolute Gasteiger partial charge is 0.247 e. The molecule has 2 heterocycles. The topological polar surface area (TPSA) is 77.8 Å². The fraction of sp³-hybridized carbons (Fsp3) is 0.462. The summed E-state index contributed by atoms with van der Waals surface area (Å²) in [6, 6.07) is 5.70. The fourth-order valence-corrected chi connectivity index (χ4v) is 1.75. The number of pyridine rings is 1. The molecule has 0 aliphatic rings. The summed E-state index contributed by atoms with van der Waals surface area (Å²) < 4.78 is 5.28. The standard InChI is InChI=1S/C13H18N4O/c1-4-13(14,5-2)12-16-11(17-18-12)10-8-6-7-9(3)15-10/h6-8H,4-5,14H2,1-3H3. The molecule has 0 aliphatic carbocycles. The first-order chi connectivity index (χ1) is 8.59. The minimum Gasteiger partial charge on any atom is -0.337 e. The van der Waals surface area contributed by atoms with Gasteiger partial charge in [0.2, 0.25) is 11.7 Å². The average Bonchev–Trinajstić information content (AvgIpc) is 2.88. The summed E-state index contributed by atoms with van der Waals surface area (Å²) in [5.74, 6) is 0.969. The normalized spacial score (nSPS) is 11.8. The van der Waals surface area contributed by atoms with Crippen LogP contribution in [0.1, 0.15) is 38.3 Å². The number of aryl methyl sites for hydroxylation is 1. The Bertz CT molecular complexity index is 531. The van der Waals surface area contributed by atoms with Crippen molar-refractivity contribution in [1.82, 2.24) is 15.1 Å². The Balaban J connectivity index is 2.36. The van der Waals surface area contributed by atoms with Crippen molar-refractivity contribution < 1.29 is 4.52 Å². The molecule has 0 saturated carbocycles. The predicted octanol–water partition coefficient (Wildman–Crippen LogP) is 2.41. The van der Waals surface area contributed by atoms with Gasteiger partial charge in [0.15, 0.2) is 0 Å². The second-order valence-corrected chi connectivity index (χ2v) is 4.45. The molecule has 96 valence electrons. The minimum absolute atomic E-state index is 0.478. The molecule has 2 aromatic rings. The SMILES string of the molecule is CCC(N)(CC)c1nc(-c2cccc(C)n2)no1. The summed E-state index contributed by atoms with van der Waals surface area (Å²) in [6.07, 6.45) is 1.51. The minimum atomic E-state index is -0.547. The van der Waals surface area contributed by atoms with Gasteiger partial charge in [-0.3, -0.25) is 0 Å². The van der Waals surface area contributed by atoms with E-state index in [9.17, 15) is 0 Å². The molecule has 0 amide bonds. The van der Waals surface area contributed by atoms with Gasteiger partial charge in [-0.2, -0.15) is 4.98 Å². The van der Waals surface area contributed by atoms with Gasteiger partial charge in [0.05, 0.1) is 5.54 Å². The molecule has 2 rings (SSSR count). The average molecular weight is 246 g/mol. The van der Waals surface area contributed by atoms with Crippen molar-refractivity contribution in [2.75, 3.05) is 0 Å². The zero-order chi connectivity index (χ0) is 13.2. The first kappa shape index (κ1) is 12.7. The van der Waals surface area contributed by atoms with Gasteiger partial charge in [-0.15, -0.1) is 0 Å². The number of hydrogen-bond acceptors (Lipinski definition) is 5. The highest BCUT2D eigenvalue weighted by molar-refractivity contribution is 5.48. The maximum atomic E-state index is 6.22. The first-order valence-electron chi connectivity index (χ1n) is 6.16. The lowest BCUT2D eigenvalue weighted by molar-refractivity contribution is 0.268. The summed E-state index contributed by atoms with van der Waals surface area (Å²) in [7, 11) is 0. The molecule has 0 aromatic carbocycles. The van der Waals surface area contributed by atoms with Crippen molar-refractivity contribution in [3.63, 3.8) is 0 Å². The van der Waals surface area contributed by atoms with Crippen molar-refractivity contribution in [3.8, 4) is 11.5 Å². The van der Waals surface area contributed by atoms with E-state index in [-0.39, 0.29) is 0 Å². The Hall–Kier alpha value is -1.75. The molecule has 0 aliphatic heterocycles. The molecular formula is C13H18N4O. The highest BCUT2D eigenvalue weighted by atomic mass is 16.5. The van der Waals surface area contributed by atoms with Crippen LogP contribution in [0, 0.1) is 6.92 Å². The van der Waals surface area contributed by atoms with E-state index in [1.807, 2.05) is 39.0 Å². The van der Waals surface area contributed by atoms with Crippen LogP contribution < -0.4 is 5.73 Å². The van der Waals surface area contributed by atoms with E-state index in [1.165, 1.54) is 0 Å². The lowest BCUT2D eigenvalue weighted by atomic mass is 9.94. The van der Waals surface area contributed by atoms with Gasteiger partial charge in [0.1, 0.15) is 5.69 Å².